The summed E-state index contributed by atoms with van der Waals surface area (Å²) >= 11 is 0. The highest BCUT2D eigenvalue weighted by Crippen LogP contribution is 2.28. The highest BCUT2D eigenvalue weighted by molar-refractivity contribution is 5.89. The Morgan fingerprint density at radius 1 is 1.12 bits per heavy atom. The zero-order valence-corrected chi connectivity index (χ0v) is 14.7. The molecule has 1 aliphatic rings. The lowest BCUT2D eigenvalue weighted by Gasteiger charge is -2.33. The van der Waals surface area contributed by atoms with E-state index < -0.39 is 6.10 Å². The summed E-state index contributed by atoms with van der Waals surface area (Å²) in [5, 5.41) is 2.20. The van der Waals surface area contributed by atoms with Crippen molar-refractivity contribution >= 4 is 16.7 Å². The van der Waals surface area contributed by atoms with Crippen LogP contribution >= 0.6 is 0 Å². The van der Waals surface area contributed by atoms with Crippen molar-refractivity contribution in [2.24, 2.45) is 0 Å². The number of carbonyl (C=O) groups excluding carboxylic acids is 1. The van der Waals surface area contributed by atoms with E-state index >= 15 is 0 Å². The van der Waals surface area contributed by atoms with Crippen molar-refractivity contribution in [2.45, 2.75) is 57.6 Å². The first kappa shape index (κ1) is 16.8. The van der Waals surface area contributed by atoms with E-state index in [0.717, 1.165) is 29.4 Å². The first-order chi connectivity index (χ1) is 11.7. The number of ether oxygens (including phenoxy) is 1. The van der Waals surface area contributed by atoms with Crippen LogP contribution in [0, 0.1) is 0 Å². The van der Waals surface area contributed by atoms with E-state index in [9.17, 15) is 4.79 Å². The van der Waals surface area contributed by atoms with Crippen LogP contribution in [0.3, 0.4) is 0 Å². The van der Waals surface area contributed by atoms with Gasteiger partial charge in [-0.3, -0.25) is 4.79 Å². The van der Waals surface area contributed by atoms with Crippen molar-refractivity contribution < 1.29 is 9.53 Å². The van der Waals surface area contributed by atoms with E-state index in [0.29, 0.717) is 12.5 Å². The van der Waals surface area contributed by atoms with Crippen molar-refractivity contribution in [1.29, 1.82) is 0 Å². The number of carbonyl (C=O) groups is 1. The normalized spacial score (nSPS) is 16.8. The summed E-state index contributed by atoms with van der Waals surface area (Å²) in [6, 6.07) is 14.5. The molecule has 3 heteroatoms. The van der Waals surface area contributed by atoms with Crippen molar-refractivity contribution in [1.82, 2.24) is 4.90 Å². The van der Waals surface area contributed by atoms with Gasteiger partial charge in [-0.15, -0.1) is 0 Å². The zero-order chi connectivity index (χ0) is 16.9. The molecule has 0 aromatic heterocycles. The third-order valence-electron chi connectivity index (χ3n) is 5.14. The fraction of sp³-hybridized carbons (Fsp3) is 0.476. The third-order valence-corrected chi connectivity index (χ3v) is 5.14. The maximum atomic E-state index is 12.9. The van der Waals surface area contributed by atoms with Gasteiger partial charge in [-0.05, 0) is 30.7 Å². The molecule has 1 atom stereocenters. The van der Waals surface area contributed by atoms with Crippen LogP contribution in [0.15, 0.2) is 42.5 Å². The summed E-state index contributed by atoms with van der Waals surface area (Å²) in [6.45, 7) is 2.02. The van der Waals surface area contributed by atoms with Gasteiger partial charge in [-0.25, -0.2) is 0 Å². The average Bonchev–Trinajstić information content (AvgIpc) is 2.65. The highest BCUT2D eigenvalue weighted by Gasteiger charge is 2.28. The number of fused-ring (bicyclic) bond motifs is 1. The fourth-order valence-corrected chi connectivity index (χ4v) is 3.64. The fourth-order valence-electron chi connectivity index (χ4n) is 3.64. The lowest BCUT2D eigenvalue weighted by Crippen LogP contribution is -2.45. The molecule has 0 N–H and O–H groups in total. The van der Waals surface area contributed by atoms with Crippen LogP contribution in [0.1, 0.15) is 45.4 Å². The first-order valence-corrected chi connectivity index (χ1v) is 9.11. The van der Waals surface area contributed by atoms with Crippen LogP contribution < -0.4 is 4.74 Å². The summed E-state index contributed by atoms with van der Waals surface area (Å²) in [7, 11) is 1.94. The number of rotatable bonds is 5. The molecular weight excluding hydrogens is 298 g/mol. The summed E-state index contributed by atoms with van der Waals surface area (Å²) in [4.78, 5) is 14.8. The molecule has 2 aromatic carbocycles. The second kappa shape index (κ2) is 7.69. The Kier molecular flexibility index (Phi) is 5.39. The molecule has 0 aliphatic heterocycles. The highest BCUT2D eigenvalue weighted by atomic mass is 16.5. The zero-order valence-electron chi connectivity index (χ0n) is 14.7. The Morgan fingerprint density at radius 2 is 1.83 bits per heavy atom. The van der Waals surface area contributed by atoms with Crippen molar-refractivity contribution in [3.05, 3.63) is 42.5 Å². The Balaban J connectivity index is 1.76. The van der Waals surface area contributed by atoms with Crippen LogP contribution in [0.25, 0.3) is 10.8 Å². The molecule has 128 valence electrons. The number of amides is 1. The standard InChI is InChI=1S/C21H27NO2/c1-3-19(21(23)22(2)17-12-5-4-6-13-17)24-20-15-9-11-16-10-7-8-14-18(16)20/h7-11,14-15,17,19H,3-6,12-13H2,1-2H3. The molecule has 0 bridgehead atoms. The van der Waals surface area contributed by atoms with E-state index in [-0.39, 0.29) is 5.91 Å². The second-order valence-corrected chi connectivity index (χ2v) is 6.73. The van der Waals surface area contributed by atoms with Gasteiger partial charge in [0.05, 0.1) is 0 Å². The number of likely N-dealkylation sites (N-methyl/N-ethyl adjacent to an activating group) is 1. The number of hydrogen-bond acceptors (Lipinski definition) is 2. The van der Waals surface area contributed by atoms with Crippen molar-refractivity contribution in [2.75, 3.05) is 7.05 Å². The minimum absolute atomic E-state index is 0.109. The summed E-state index contributed by atoms with van der Waals surface area (Å²) < 4.78 is 6.16. The molecule has 1 saturated carbocycles. The van der Waals surface area contributed by atoms with Gasteiger partial charge in [-0.2, -0.15) is 0 Å². The number of hydrogen-bond donors (Lipinski definition) is 0. The topological polar surface area (TPSA) is 29.5 Å². The van der Waals surface area contributed by atoms with Crippen LogP contribution in [0.2, 0.25) is 0 Å². The van der Waals surface area contributed by atoms with Crippen LogP contribution in [-0.4, -0.2) is 30.0 Å². The quantitative estimate of drug-likeness (QED) is 0.791. The molecular formula is C21H27NO2. The molecule has 3 rings (SSSR count). The summed E-state index contributed by atoms with van der Waals surface area (Å²) in [5.74, 6) is 0.905. The van der Waals surface area contributed by atoms with Gasteiger partial charge in [0.2, 0.25) is 0 Å². The largest absolute Gasteiger partial charge is 0.480 e. The molecule has 3 nitrogen and oxygen atoms in total. The molecule has 1 aliphatic carbocycles. The lowest BCUT2D eigenvalue weighted by atomic mass is 9.94. The molecule has 0 saturated heterocycles. The summed E-state index contributed by atoms with van der Waals surface area (Å²) in [6.07, 6.45) is 6.25. The molecule has 0 heterocycles. The van der Waals surface area contributed by atoms with Crippen LogP contribution in [0.5, 0.6) is 5.75 Å². The predicted octanol–water partition coefficient (Wildman–Crippen LogP) is 4.79. The molecule has 0 radical (unpaired) electrons. The van der Waals surface area contributed by atoms with Crippen molar-refractivity contribution in [3.63, 3.8) is 0 Å². The van der Waals surface area contributed by atoms with Crippen LogP contribution in [-0.2, 0) is 4.79 Å². The van der Waals surface area contributed by atoms with E-state index in [1.165, 1.54) is 19.3 Å². The van der Waals surface area contributed by atoms with Crippen molar-refractivity contribution in [3.8, 4) is 5.75 Å². The third kappa shape index (κ3) is 3.55. The van der Waals surface area contributed by atoms with Gasteiger partial charge >= 0.3 is 0 Å². The van der Waals surface area contributed by atoms with Gasteiger partial charge in [0, 0.05) is 18.5 Å². The molecule has 2 aromatic rings. The smallest absolute Gasteiger partial charge is 0.263 e. The Hall–Kier alpha value is -2.03. The van der Waals surface area contributed by atoms with Gasteiger partial charge in [0.1, 0.15) is 5.75 Å². The van der Waals surface area contributed by atoms with Gasteiger partial charge in [-0.1, -0.05) is 62.6 Å². The lowest BCUT2D eigenvalue weighted by molar-refractivity contribution is -0.140. The molecule has 0 spiro atoms. The monoisotopic (exact) mass is 325 g/mol. The van der Waals surface area contributed by atoms with E-state index in [4.69, 9.17) is 4.74 Å². The SMILES string of the molecule is CCC(Oc1cccc2ccccc12)C(=O)N(C)C1CCCCC1. The Morgan fingerprint density at radius 3 is 2.58 bits per heavy atom. The molecule has 24 heavy (non-hydrogen) atoms. The summed E-state index contributed by atoms with van der Waals surface area (Å²) in [5.41, 5.74) is 0. The average molecular weight is 325 g/mol. The molecule has 1 amide bonds. The van der Waals surface area contributed by atoms with Crippen LogP contribution in [0.4, 0.5) is 0 Å². The second-order valence-electron chi connectivity index (χ2n) is 6.73. The Labute approximate surface area is 144 Å². The minimum atomic E-state index is -0.414. The Bertz CT molecular complexity index is 686. The van der Waals surface area contributed by atoms with Gasteiger partial charge < -0.3 is 9.64 Å². The van der Waals surface area contributed by atoms with E-state index in [1.54, 1.807) is 0 Å². The molecule has 1 fully saturated rings. The maximum absolute atomic E-state index is 12.9. The van der Waals surface area contributed by atoms with E-state index in [2.05, 4.69) is 12.1 Å². The maximum Gasteiger partial charge on any atom is 0.263 e. The van der Waals surface area contributed by atoms with Gasteiger partial charge in [0.15, 0.2) is 6.10 Å². The van der Waals surface area contributed by atoms with Gasteiger partial charge in [0.25, 0.3) is 5.91 Å². The first-order valence-electron chi connectivity index (χ1n) is 9.11. The minimum Gasteiger partial charge on any atom is -0.480 e. The molecule has 1 unspecified atom stereocenters. The number of nitrogens with zero attached hydrogens (tertiary/aromatic N) is 1. The van der Waals surface area contributed by atoms with E-state index in [1.807, 2.05) is 49.2 Å². The predicted molar refractivity (Wildman–Crippen MR) is 98.3 cm³/mol. The number of benzene rings is 2.